The van der Waals surface area contributed by atoms with E-state index in [9.17, 15) is 9.59 Å². The number of hydrogen-bond donors (Lipinski definition) is 1. The van der Waals surface area contributed by atoms with E-state index < -0.39 is 0 Å². The molecule has 1 heterocycles. The average molecular weight is 366 g/mol. The molecular weight excluding hydrogens is 350 g/mol. The van der Waals surface area contributed by atoms with E-state index in [-0.39, 0.29) is 11.7 Å². The van der Waals surface area contributed by atoms with Crippen LogP contribution in [0, 0.1) is 0 Å². The van der Waals surface area contributed by atoms with Gasteiger partial charge in [-0.05, 0) is 35.9 Å². The number of nitrogens with zero attached hydrogens (tertiary/aromatic N) is 2. The van der Waals surface area contributed by atoms with Crippen LogP contribution < -0.4 is 5.32 Å². The number of halogens is 1. The highest BCUT2D eigenvalue weighted by Crippen LogP contribution is 2.18. The smallest absolute Gasteiger partial charge is 0.257 e. The lowest BCUT2D eigenvalue weighted by Crippen LogP contribution is -2.12. The second kappa shape index (κ2) is 7.80. The van der Waals surface area contributed by atoms with Gasteiger partial charge < -0.3 is 5.32 Å². The van der Waals surface area contributed by atoms with Crippen molar-refractivity contribution in [3.8, 4) is 0 Å². The predicted molar refractivity (Wildman–Crippen MR) is 102 cm³/mol. The Hall–Kier alpha value is -3.18. The summed E-state index contributed by atoms with van der Waals surface area (Å²) in [5.41, 5.74) is 2.33. The van der Waals surface area contributed by atoms with Crippen molar-refractivity contribution in [2.45, 2.75) is 0 Å². The highest BCUT2D eigenvalue weighted by Gasteiger charge is 2.10. The van der Waals surface area contributed by atoms with E-state index in [1.54, 1.807) is 66.5 Å². The van der Waals surface area contributed by atoms with E-state index in [1.165, 1.54) is 12.3 Å². The molecule has 0 spiro atoms. The van der Waals surface area contributed by atoms with Gasteiger partial charge in [-0.2, -0.15) is 5.10 Å². The molecule has 3 rings (SSSR count). The fourth-order valence-electron chi connectivity index (χ4n) is 2.38. The minimum absolute atomic E-state index is 0.136. The zero-order chi connectivity index (χ0) is 18.5. The van der Waals surface area contributed by atoms with Crippen LogP contribution in [0.5, 0.6) is 0 Å². The number of carbonyl (C=O) groups excluding carboxylic acids is 2. The van der Waals surface area contributed by atoms with Gasteiger partial charge in [0.2, 0.25) is 0 Å². The maximum absolute atomic E-state index is 12.3. The van der Waals surface area contributed by atoms with Gasteiger partial charge in [0.25, 0.3) is 5.91 Å². The molecule has 0 aliphatic rings. The largest absolute Gasteiger partial charge is 0.322 e. The van der Waals surface area contributed by atoms with Gasteiger partial charge in [0.15, 0.2) is 5.78 Å². The molecule has 0 aliphatic carbocycles. The topological polar surface area (TPSA) is 64.0 Å². The summed E-state index contributed by atoms with van der Waals surface area (Å²) >= 11 is 6.04. The first kappa shape index (κ1) is 17.6. The third kappa shape index (κ3) is 4.26. The Morgan fingerprint density at radius 2 is 1.96 bits per heavy atom. The molecule has 3 aromatic rings. The van der Waals surface area contributed by atoms with Crippen molar-refractivity contribution >= 4 is 35.1 Å². The molecule has 0 aliphatic heterocycles. The van der Waals surface area contributed by atoms with E-state index in [4.69, 9.17) is 11.6 Å². The monoisotopic (exact) mass is 365 g/mol. The Kier molecular flexibility index (Phi) is 5.29. The molecule has 0 fully saturated rings. The molecule has 130 valence electrons. The molecule has 26 heavy (non-hydrogen) atoms. The van der Waals surface area contributed by atoms with Crippen LogP contribution >= 0.6 is 11.6 Å². The number of amides is 1. The van der Waals surface area contributed by atoms with Crippen molar-refractivity contribution in [3.05, 3.63) is 88.7 Å². The SMILES string of the molecule is Cn1cc(C(=O)/C=C/c2cccc(NC(=O)c3ccccc3Cl)c2)cn1. The lowest BCUT2D eigenvalue weighted by molar-refractivity contribution is 0.102. The standard InChI is InChI=1S/C20H16ClN3O2/c1-24-13-15(12-22-24)19(25)10-9-14-5-4-6-16(11-14)23-20(26)17-7-2-3-8-18(17)21/h2-13H,1H3,(H,23,26)/b10-9+. The number of nitrogens with one attached hydrogen (secondary N) is 1. The predicted octanol–water partition coefficient (Wildman–Crippen LogP) is 4.22. The zero-order valence-electron chi connectivity index (χ0n) is 14.0. The number of benzene rings is 2. The normalized spacial score (nSPS) is 10.8. The Labute approximate surface area is 155 Å². The van der Waals surface area contributed by atoms with Gasteiger partial charge in [0, 0.05) is 18.9 Å². The Bertz CT molecular complexity index is 992. The van der Waals surface area contributed by atoms with Crippen LogP contribution in [0.4, 0.5) is 5.69 Å². The minimum atomic E-state index is -0.289. The summed E-state index contributed by atoms with van der Waals surface area (Å²) in [7, 11) is 1.76. The van der Waals surface area contributed by atoms with Crippen LogP contribution in [0.15, 0.2) is 67.0 Å². The van der Waals surface area contributed by atoms with Crippen molar-refractivity contribution in [1.82, 2.24) is 9.78 Å². The molecule has 0 radical (unpaired) electrons. The minimum Gasteiger partial charge on any atom is -0.322 e. The summed E-state index contributed by atoms with van der Waals surface area (Å²) in [5, 5.41) is 7.18. The third-order valence-electron chi connectivity index (χ3n) is 3.68. The van der Waals surface area contributed by atoms with E-state index >= 15 is 0 Å². The highest BCUT2D eigenvalue weighted by molar-refractivity contribution is 6.34. The second-order valence-electron chi connectivity index (χ2n) is 5.66. The van der Waals surface area contributed by atoms with Gasteiger partial charge in [-0.3, -0.25) is 14.3 Å². The molecule has 6 heteroatoms. The summed E-state index contributed by atoms with van der Waals surface area (Å²) in [5.74, 6) is -0.424. The number of rotatable bonds is 5. The molecule has 2 aromatic carbocycles. The molecule has 0 unspecified atom stereocenters. The Balaban J connectivity index is 1.72. The molecule has 5 nitrogen and oxygen atoms in total. The van der Waals surface area contributed by atoms with E-state index in [0.29, 0.717) is 21.8 Å². The highest BCUT2D eigenvalue weighted by atomic mass is 35.5. The molecule has 1 N–H and O–H groups in total. The van der Waals surface area contributed by atoms with Crippen LogP contribution in [0.2, 0.25) is 5.02 Å². The average Bonchev–Trinajstić information content (AvgIpc) is 3.07. The fraction of sp³-hybridized carbons (Fsp3) is 0.0500. The zero-order valence-corrected chi connectivity index (χ0v) is 14.8. The van der Waals surface area contributed by atoms with Gasteiger partial charge in [0.05, 0.1) is 22.3 Å². The number of anilines is 1. The lowest BCUT2D eigenvalue weighted by atomic mass is 10.1. The van der Waals surface area contributed by atoms with Crippen LogP contribution in [-0.4, -0.2) is 21.5 Å². The van der Waals surface area contributed by atoms with Crippen molar-refractivity contribution in [2.75, 3.05) is 5.32 Å². The van der Waals surface area contributed by atoms with Crippen LogP contribution in [0.25, 0.3) is 6.08 Å². The molecule has 1 amide bonds. The number of aromatic nitrogens is 2. The molecule has 0 bridgehead atoms. The maximum Gasteiger partial charge on any atom is 0.257 e. The van der Waals surface area contributed by atoms with Gasteiger partial charge in [0.1, 0.15) is 0 Å². The number of carbonyl (C=O) groups is 2. The Morgan fingerprint density at radius 1 is 1.15 bits per heavy atom. The molecule has 0 saturated carbocycles. The summed E-state index contributed by atoms with van der Waals surface area (Å²) in [6.45, 7) is 0. The van der Waals surface area contributed by atoms with Crippen molar-refractivity contribution in [1.29, 1.82) is 0 Å². The van der Waals surface area contributed by atoms with Crippen LogP contribution in [-0.2, 0) is 7.05 Å². The quantitative estimate of drug-likeness (QED) is 0.543. The maximum atomic E-state index is 12.3. The van der Waals surface area contributed by atoms with Crippen molar-refractivity contribution < 1.29 is 9.59 Å². The number of aryl methyl sites for hydroxylation is 1. The number of hydrogen-bond acceptors (Lipinski definition) is 3. The number of allylic oxidation sites excluding steroid dienone is 1. The van der Waals surface area contributed by atoms with Crippen molar-refractivity contribution in [3.63, 3.8) is 0 Å². The van der Waals surface area contributed by atoms with Gasteiger partial charge in [-0.25, -0.2) is 0 Å². The molecule has 1 aromatic heterocycles. The first-order chi connectivity index (χ1) is 12.5. The van der Waals surface area contributed by atoms with E-state index in [2.05, 4.69) is 10.4 Å². The van der Waals surface area contributed by atoms with Gasteiger partial charge in [-0.1, -0.05) is 41.9 Å². The first-order valence-corrected chi connectivity index (χ1v) is 8.28. The van der Waals surface area contributed by atoms with Crippen LogP contribution in [0.3, 0.4) is 0 Å². The van der Waals surface area contributed by atoms with Gasteiger partial charge in [-0.15, -0.1) is 0 Å². The molecule has 0 atom stereocenters. The summed E-state index contributed by atoms with van der Waals surface area (Å²) in [6.07, 6.45) is 6.35. The van der Waals surface area contributed by atoms with Crippen molar-refractivity contribution in [2.24, 2.45) is 7.05 Å². The summed E-state index contributed by atoms with van der Waals surface area (Å²) in [4.78, 5) is 24.4. The third-order valence-corrected chi connectivity index (χ3v) is 4.01. The fourth-order valence-corrected chi connectivity index (χ4v) is 2.60. The van der Waals surface area contributed by atoms with E-state index in [1.807, 2.05) is 6.07 Å². The summed E-state index contributed by atoms with van der Waals surface area (Å²) in [6, 6.07) is 14.0. The summed E-state index contributed by atoms with van der Waals surface area (Å²) < 4.78 is 1.58. The van der Waals surface area contributed by atoms with E-state index in [0.717, 1.165) is 5.56 Å². The number of ketones is 1. The van der Waals surface area contributed by atoms with Crippen LogP contribution in [0.1, 0.15) is 26.3 Å². The molecule has 0 saturated heterocycles. The van der Waals surface area contributed by atoms with Gasteiger partial charge >= 0.3 is 0 Å². The lowest BCUT2D eigenvalue weighted by Gasteiger charge is -2.07. The first-order valence-electron chi connectivity index (χ1n) is 7.90. The second-order valence-corrected chi connectivity index (χ2v) is 6.07. The molecular formula is C20H16ClN3O2. The Morgan fingerprint density at radius 3 is 2.69 bits per heavy atom.